The number of likely N-dealkylation sites (tertiary alicyclic amines) is 1. The monoisotopic (exact) mass is 298 g/mol. The highest BCUT2D eigenvalue weighted by molar-refractivity contribution is 5.89. The third-order valence-electron chi connectivity index (χ3n) is 4.56. The minimum atomic E-state index is -0.383. The topological polar surface area (TPSA) is 69.6 Å². The number of nitrogens with zero attached hydrogens (tertiary/aromatic N) is 1. The molecule has 5 nitrogen and oxygen atoms in total. The Morgan fingerprint density at radius 1 is 1.19 bits per heavy atom. The van der Waals surface area contributed by atoms with Crippen LogP contribution < -0.4 is 5.32 Å². The lowest BCUT2D eigenvalue weighted by atomic mass is 9.96. The normalized spacial score (nSPS) is 21.7. The van der Waals surface area contributed by atoms with Crippen LogP contribution in [0.1, 0.15) is 47.5 Å². The smallest absolute Gasteiger partial charge is 0.243 e. The van der Waals surface area contributed by atoms with Crippen molar-refractivity contribution in [2.24, 2.45) is 17.8 Å². The molecule has 5 heteroatoms. The maximum Gasteiger partial charge on any atom is 0.243 e. The summed E-state index contributed by atoms with van der Waals surface area (Å²) in [6, 6.07) is -0.635. The summed E-state index contributed by atoms with van der Waals surface area (Å²) in [6.45, 7) is 10.5. The molecule has 1 rings (SSSR count). The summed E-state index contributed by atoms with van der Waals surface area (Å²) in [4.78, 5) is 26.6. The highest BCUT2D eigenvalue weighted by Crippen LogP contribution is 2.23. The van der Waals surface area contributed by atoms with E-state index in [2.05, 4.69) is 5.32 Å². The van der Waals surface area contributed by atoms with Crippen LogP contribution in [0, 0.1) is 17.8 Å². The lowest BCUT2D eigenvalue weighted by Crippen LogP contribution is -2.52. The molecule has 2 amide bonds. The lowest BCUT2D eigenvalue weighted by molar-refractivity contribution is -0.142. The molecule has 122 valence electrons. The Kier molecular flexibility index (Phi) is 6.65. The number of hydrogen-bond donors (Lipinski definition) is 2. The number of nitrogens with one attached hydrogen (secondary N) is 1. The first-order valence-corrected chi connectivity index (χ1v) is 8.01. The molecular formula is C16H30N2O3. The van der Waals surface area contributed by atoms with E-state index in [0.29, 0.717) is 13.0 Å². The van der Waals surface area contributed by atoms with E-state index in [1.807, 2.05) is 34.6 Å². The van der Waals surface area contributed by atoms with E-state index < -0.39 is 0 Å². The molecule has 1 aliphatic rings. The predicted molar refractivity (Wildman–Crippen MR) is 82.6 cm³/mol. The van der Waals surface area contributed by atoms with Gasteiger partial charge in [-0.3, -0.25) is 9.59 Å². The van der Waals surface area contributed by atoms with Crippen molar-refractivity contribution in [2.45, 2.75) is 59.5 Å². The first kappa shape index (κ1) is 18.0. The summed E-state index contributed by atoms with van der Waals surface area (Å²) >= 11 is 0. The van der Waals surface area contributed by atoms with E-state index in [1.54, 1.807) is 4.90 Å². The fraction of sp³-hybridized carbons (Fsp3) is 0.875. The van der Waals surface area contributed by atoms with Crippen molar-refractivity contribution in [1.29, 1.82) is 0 Å². The Morgan fingerprint density at radius 3 is 2.29 bits per heavy atom. The fourth-order valence-corrected chi connectivity index (χ4v) is 2.55. The van der Waals surface area contributed by atoms with Crippen LogP contribution in [0.5, 0.6) is 0 Å². The van der Waals surface area contributed by atoms with Crippen molar-refractivity contribution in [3.8, 4) is 0 Å². The second kappa shape index (κ2) is 7.78. The van der Waals surface area contributed by atoms with Gasteiger partial charge >= 0.3 is 0 Å². The van der Waals surface area contributed by atoms with Crippen LogP contribution in [0.3, 0.4) is 0 Å². The highest BCUT2D eigenvalue weighted by atomic mass is 16.3. The fourth-order valence-electron chi connectivity index (χ4n) is 2.55. The summed E-state index contributed by atoms with van der Waals surface area (Å²) in [5, 5.41) is 12.2. The van der Waals surface area contributed by atoms with Crippen molar-refractivity contribution < 1.29 is 14.7 Å². The number of aliphatic hydroxyl groups is 1. The average Bonchev–Trinajstić information content (AvgIpc) is 2.91. The Hall–Kier alpha value is -1.10. The molecule has 1 saturated heterocycles. The van der Waals surface area contributed by atoms with Gasteiger partial charge < -0.3 is 15.3 Å². The summed E-state index contributed by atoms with van der Waals surface area (Å²) in [5.74, 6) is 0.288. The number of carbonyl (C=O) groups excluding carboxylic acids is 2. The van der Waals surface area contributed by atoms with Gasteiger partial charge in [-0.2, -0.15) is 0 Å². The Bertz CT molecular complexity index is 369. The first-order chi connectivity index (χ1) is 9.79. The molecule has 0 aliphatic carbocycles. The molecule has 1 unspecified atom stereocenters. The molecule has 0 saturated carbocycles. The molecule has 21 heavy (non-hydrogen) atoms. The van der Waals surface area contributed by atoms with Crippen molar-refractivity contribution >= 4 is 11.8 Å². The van der Waals surface area contributed by atoms with Crippen molar-refractivity contribution in [1.82, 2.24) is 10.2 Å². The number of aliphatic hydroxyl groups excluding tert-OH is 1. The molecule has 1 fully saturated rings. The molecule has 0 bridgehead atoms. The molecule has 1 heterocycles. The van der Waals surface area contributed by atoms with Crippen molar-refractivity contribution in [2.75, 3.05) is 13.2 Å². The van der Waals surface area contributed by atoms with E-state index in [9.17, 15) is 14.7 Å². The van der Waals surface area contributed by atoms with Gasteiger partial charge in [0, 0.05) is 12.5 Å². The van der Waals surface area contributed by atoms with E-state index in [0.717, 1.165) is 6.42 Å². The van der Waals surface area contributed by atoms with E-state index in [-0.39, 0.29) is 48.3 Å². The van der Waals surface area contributed by atoms with Crippen LogP contribution in [0.25, 0.3) is 0 Å². The molecular weight excluding hydrogens is 268 g/mol. The van der Waals surface area contributed by atoms with Gasteiger partial charge in [0.25, 0.3) is 0 Å². The number of hydrogen-bond acceptors (Lipinski definition) is 3. The molecule has 3 atom stereocenters. The maximum absolute atomic E-state index is 12.5. The van der Waals surface area contributed by atoms with Gasteiger partial charge in [-0.1, -0.05) is 34.6 Å². The minimum Gasteiger partial charge on any atom is -0.394 e. The Morgan fingerprint density at radius 2 is 1.81 bits per heavy atom. The van der Waals surface area contributed by atoms with Crippen LogP contribution in [-0.4, -0.2) is 47.1 Å². The quantitative estimate of drug-likeness (QED) is 0.779. The van der Waals surface area contributed by atoms with Gasteiger partial charge in [-0.25, -0.2) is 0 Å². The van der Waals surface area contributed by atoms with Gasteiger partial charge in [0.2, 0.25) is 11.8 Å². The largest absolute Gasteiger partial charge is 0.394 e. The molecule has 2 N–H and O–H groups in total. The predicted octanol–water partition coefficient (Wildman–Crippen LogP) is 1.40. The summed E-state index contributed by atoms with van der Waals surface area (Å²) in [5.41, 5.74) is 0. The number of rotatable bonds is 6. The zero-order chi connectivity index (χ0) is 16.2. The van der Waals surface area contributed by atoms with E-state index >= 15 is 0 Å². The molecule has 0 aromatic carbocycles. The van der Waals surface area contributed by atoms with Crippen LogP contribution in [0.15, 0.2) is 0 Å². The minimum absolute atomic E-state index is 0.0627. The first-order valence-electron chi connectivity index (χ1n) is 8.01. The average molecular weight is 298 g/mol. The van der Waals surface area contributed by atoms with Crippen molar-refractivity contribution in [3.63, 3.8) is 0 Å². The summed E-state index contributed by atoms with van der Waals surface area (Å²) < 4.78 is 0. The van der Waals surface area contributed by atoms with E-state index in [1.165, 1.54) is 0 Å². The SMILES string of the molecule is CC(C)[C@H](C)C(=O)N1CCCC1C(=O)N[C@H](CO)C(C)C. The van der Waals surface area contributed by atoms with Gasteiger partial charge in [0.15, 0.2) is 0 Å². The van der Waals surface area contributed by atoms with E-state index in [4.69, 9.17) is 0 Å². The van der Waals surface area contributed by atoms with Gasteiger partial charge in [-0.05, 0) is 24.7 Å². The lowest BCUT2D eigenvalue weighted by Gasteiger charge is -2.30. The molecule has 0 aromatic heterocycles. The Balaban J connectivity index is 2.72. The second-order valence-electron chi connectivity index (χ2n) is 6.76. The zero-order valence-electron chi connectivity index (χ0n) is 13.9. The highest BCUT2D eigenvalue weighted by Gasteiger charge is 2.37. The van der Waals surface area contributed by atoms with Crippen molar-refractivity contribution in [3.05, 3.63) is 0 Å². The molecule has 0 spiro atoms. The standard InChI is InChI=1S/C16H30N2O3/c1-10(2)12(5)16(21)18-8-6-7-14(18)15(20)17-13(9-19)11(3)4/h10-14,19H,6-9H2,1-5H3,(H,17,20)/t12-,13+,14?/m0/s1. The van der Waals surface area contributed by atoms with Crippen LogP contribution in [-0.2, 0) is 9.59 Å². The van der Waals surface area contributed by atoms with Crippen LogP contribution in [0.2, 0.25) is 0 Å². The second-order valence-corrected chi connectivity index (χ2v) is 6.76. The third-order valence-corrected chi connectivity index (χ3v) is 4.56. The number of carbonyl (C=O) groups is 2. The number of amides is 2. The van der Waals surface area contributed by atoms with Gasteiger partial charge in [0.05, 0.1) is 12.6 Å². The molecule has 0 radical (unpaired) electrons. The third kappa shape index (κ3) is 4.43. The van der Waals surface area contributed by atoms with Crippen LogP contribution in [0.4, 0.5) is 0 Å². The van der Waals surface area contributed by atoms with Gasteiger partial charge in [-0.15, -0.1) is 0 Å². The van der Waals surface area contributed by atoms with Crippen LogP contribution >= 0.6 is 0 Å². The summed E-state index contributed by atoms with van der Waals surface area (Å²) in [6.07, 6.45) is 1.57. The van der Waals surface area contributed by atoms with Gasteiger partial charge in [0.1, 0.15) is 6.04 Å². The molecule has 0 aromatic rings. The summed E-state index contributed by atoms with van der Waals surface area (Å²) in [7, 11) is 0. The molecule has 1 aliphatic heterocycles. The Labute approximate surface area is 128 Å². The zero-order valence-corrected chi connectivity index (χ0v) is 13.9. The maximum atomic E-state index is 12.5.